The van der Waals surface area contributed by atoms with Gasteiger partial charge in [0, 0.05) is 0 Å². The number of carboxylic acids is 1. The first-order chi connectivity index (χ1) is 7.90. The fourth-order valence-electron chi connectivity index (χ4n) is 1.45. The van der Waals surface area contributed by atoms with E-state index in [0.29, 0.717) is 0 Å². The minimum atomic E-state index is -1.03. The van der Waals surface area contributed by atoms with Crippen molar-refractivity contribution >= 4 is 11.9 Å². The molecule has 0 aromatic heterocycles. The number of aryl methyl sites for hydroxylation is 2. The molecule has 4 nitrogen and oxygen atoms in total. The molecule has 4 heteroatoms. The summed E-state index contributed by atoms with van der Waals surface area (Å²) in [6.07, 6.45) is 0.207. The van der Waals surface area contributed by atoms with Gasteiger partial charge < -0.3 is 10.4 Å². The first kappa shape index (κ1) is 13.2. The molecular weight excluding hydrogens is 218 g/mol. The van der Waals surface area contributed by atoms with E-state index < -0.39 is 12.0 Å². The third-order valence-electron chi connectivity index (χ3n) is 2.68. The lowest BCUT2D eigenvalue weighted by Crippen LogP contribution is -2.39. The summed E-state index contributed by atoms with van der Waals surface area (Å²) in [7, 11) is 0. The van der Waals surface area contributed by atoms with E-state index in [4.69, 9.17) is 5.11 Å². The van der Waals surface area contributed by atoms with Gasteiger partial charge in [0.1, 0.15) is 6.04 Å². The van der Waals surface area contributed by atoms with Crippen molar-refractivity contribution in [3.63, 3.8) is 0 Å². The first-order valence-corrected chi connectivity index (χ1v) is 5.48. The lowest BCUT2D eigenvalue weighted by molar-refractivity contribution is -0.141. The quantitative estimate of drug-likeness (QED) is 0.829. The first-order valence-electron chi connectivity index (χ1n) is 5.48. The van der Waals surface area contributed by atoms with Crippen LogP contribution in [0.25, 0.3) is 0 Å². The second kappa shape index (κ2) is 5.48. The van der Waals surface area contributed by atoms with Gasteiger partial charge in [-0.3, -0.25) is 9.59 Å². The van der Waals surface area contributed by atoms with Crippen LogP contribution in [0.15, 0.2) is 18.2 Å². The number of carbonyl (C=O) groups excluding carboxylic acids is 1. The highest BCUT2D eigenvalue weighted by Gasteiger charge is 2.14. The molecule has 0 saturated carbocycles. The molecule has 0 fully saturated rings. The SMILES string of the molecule is Cc1ccc(CC(=O)NC(C)C(=O)O)cc1C. The molecule has 0 aliphatic rings. The number of carbonyl (C=O) groups is 2. The number of aliphatic carboxylic acids is 1. The molecule has 0 aliphatic carbocycles. The topological polar surface area (TPSA) is 66.4 Å². The van der Waals surface area contributed by atoms with Crippen molar-refractivity contribution in [2.45, 2.75) is 33.2 Å². The minimum Gasteiger partial charge on any atom is -0.480 e. The molecule has 92 valence electrons. The third-order valence-corrected chi connectivity index (χ3v) is 2.68. The van der Waals surface area contributed by atoms with E-state index in [2.05, 4.69) is 5.32 Å². The van der Waals surface area contributed by atoms with Crippen LogP contribution in [-0.2, 0) is 16.0 Å². The summed E-state index contributed by atoms with van der Waals surface area (Å²) in [5.74, 6) is -1.30. The Morgan fingerprint density at radius 3 is 2.47 bits per heavy atom. The van der Waals surface area contributed by atoms with Crippen LogP contribution in [0.3, 0.4) is 0 Å². The lowest BCUT2D eigenvalue weighted by Gasteiger charge is -2.10. The van der Waals surface area contributed by atoms with Crippen molar-refractivity contribution in [1.29, 1.82) is 0 Å². The average Bonchev–Trinajstić information content (AvgIpc) is 2.23. The Balaban J connectivity index is 2.62. The predicted octanol–water partition coefficient (Wildman–Crippen LogP) is 1.44. The molecule has 1 amide bonds. The van der Waals surface area contributed by atoms with E-state index in [0.717, 1.165) is 11.1 Å². The molecule has 1 aromatic carbocycles. The number of hydrogen-bond acceptors (Lipinski definition) is 2. The molecule has 1 atom stereocenters. The summed E-state index contributed by atoms with van der Waals surface area (Å²) < 4.78 is 0. The van der Waals surface area contributed by atoms with E-state index in [1.54, 1.807) is 0 Å². The van der Waals surface area contributed by atoms with Crippen LogP contribution >= 0.6 is 0 Å². The van der Waals surface area contributed by atoms with Crippen LogP contribution in [0.1, 0.15) is 23.6 Å². The standard InChI is InChI=1S/C13H17NO3/c1-8-4-5-11(6-9(8)2)7-12(15)14-10(3)13(16)17/h4-6,10H,7H2,1-3H3,(H,14,15)(H,16,17). The van der Waals surface area contributed by atoms with Crippen LogP contribution in [0.5, 0.6) is 0 Å². The van der Waals surface area contributed by atoms with Crippen molar-refractivity contribution in [3.05, 3.63) is 34.9 Å². The van der Waals surface area contributed by atoms with Gasteiger partial charge >= 0.3 is 5.97 Å². The van der Waals surface area contributed by atoms with E-state index in [9.17, 15) is 9.59 Å². The fraction of sp³-hybridized carbons (Fsp3) is 0.385. The number of carboxylic acid groups (broad SMARTS) is 1. The second-order valence-corrected chi connectivity index (χ2v) is 4.22. The zero-order valence-electron chi connectivity index (χ0n) is 10.3. The number of rotatable bonds is 4. The smallest absolute Gasteiger partial charge is 0.325 e. The minimum absolute atomic E-state index is 0.207. The second-order valence-electron chi connectivity index (χ2n) is 4.22. The molecule has 0 heterocycles. The maximum atomic E-state index is 11.5. The molecule has 0 saturated heterocycles. The molecule has 0 spiro atoms. The molecule has 0 radical (unpaired) electrons. The number of hydrogen-bond donors (Lipinski definition) is 2. The Bertz CT molecular complexity index is 440. The van der Waals surface area contributed by atoms with Gasteiger partial charge in [0.2, 0.25) is 5.91 Å². The molecule has 0 aliphatic heterocycles. The highest BCUT2D eigenvalue weighted by Crippen LogP contribution is 2.10. The monoisotopic (exact) mass is 235 g/mol. The molecule has 1 aromatic rings. The van der Waals surface area contributed by atoms with Crippen LogP contribution in [0.4, 0.5) is 0 Å². The summed E-state index contributed by atoms with van der Waals surface area (Å²) in [6, 6.07) is 4.93. The molecule has 0 bridgehead atoms. The molecule has 17 heavy (non-hydrogen) atoms. The van der Waals surface area contributed by atoms with Crippen molar-refractivity contribution in [1.82, 2.24) is 5.32 Å². The van der Waals surface area contributed by atoms with Gasteiger partial charge in [-0.25, -0.2) is 0 Å². The summed E-state index contributed by atoms with van der Waals surface area (Å²) >= 11 is 0. The van der Waals surface area contributed by atoms with Crippen LogP contribution in [-0.4, -0.2) is 23.0 Å². The average molecular weight is 235 g/mol. The fourth-order valence-corrected chi connectivity index (χ4v) is 1.45. The molecule has 1 unspecified atom stereocenters. The van der Waals surface area contributed by atoms with Gasteiger partial charge in [-0.05, 0) is 37.5 Å². The molecule has 2 N–H and O–H groups in total. The van der Waals surface area contributed by atoms with E-state index >= 15 is 0 Å². The molecule has 1 rings (SSSR count). The van der Waals surface area contributed by atoms with E-state index in [1.165, 1.54) is 12.5 Å². The zero-order valence-corrected chi connectivity index (χ0v) is 10.3. The molecular formula is C13H17NO3. The van der Waals surface area contributed by atoms with Crippen molar-refractivity contribution in [2.75, 3.05) is 0 Å². The lowest BCUT2D eigenvalue weighted by atomic mass is 10.0. The summed E-state index contributed by atoms with van der Waals surface area (Å²) in [6.45, 7) is 5.43. The normalized spacial score (nSPS) is 11.9. The summed E-state index contributed by atoms with van der Waals surface area (Å²) in [5, 5.41) is 11.1. The summed E-state index contributed by atoms with van der Waals surface area (Å²) in [5.41, 5.74) is 3.19. The maximum absolute atomic E-state index is 11.5. The zero-order chi connectivity index (χ0) is 13.0. The highest BCUT2D eigenvalue weighted by molar-refractivity contribution is 5.84. The van der Waals surface area contributed by atoms with E-state index in [1.807, 2.05) is 32.0 Å². The van der Waals surface area contributed by atoms with Gasteiger partial charge in [0.25, 0.3) is 0 Å². The Morgan fingerprint density at radius 2 is 1.94 bits per heavy atom. The van der Waals surface area contributed by atoms with Gasteiger partial charge in [0.15, 0.2) is 0 Å². The predicted molar refractivity (Wildman–Crippen MR) is 64.9 cm³/mol. The van der Waals surface area contributed by atoms with Gasteiger partial charge in [-0.1, -0.05) is 18.2 Å². The van der Waals surface area contributed by atoms with Crippen LogP contribution in [0, 0.1) is 13.8 Å². The van der Waals surface area contributed by atoms with E-state index in [-0.39, 0.29) is 12.3 Å². The number of benzene rings is 1. The Kier molecular flexibility index (Phi) is 4.26. The number of amides is 1. The largest absolute Gasteiger partial charge is 0.480 e. The Labute approximate surface area is 101 Å². The van der Waals surface area contributed by atoms with Crippen molar-refractivity contribution in [2.24, 2.45) is 0 Å². The van der Waals surface area contributed by atoms with Gasteiger partial charge in [-0.15, -0.1) is 0 Å². The summed E-state index contributed by atoms with van der Waals surface area (Å²) in [4.78, 5) is 22.1. The Hall–Kier alpha value is -1.84. The maximum Gasteiger partial charge on any atom is 0.325 e. The van der Waals surface area contributed by atoms with Crippen molar-refractivity contribution in [3.8, 4) is 0 Å². The van der Waals surface area contributed by atoms with Crippen molar-refractivity contribution < 1.29 is 14.7 Å². The van der Waals surface area contributed by atoms with Crippen LogP contribution in [0.2, 0.25) is 0 Å². The van der Waals surface area contributed by atoms with Gasteiger partial charge in [-0.2, -0.15) is 0 Å². The Morgan fingerprint density at radius 1 is 1.29 bits per heavy atom. The highest BCUT2D eigenvalue weighted by atomic mass is 16.4. The third kappa shape index (κ3) is 3.90. The van der Waals surface area contributed by atoms with Gasteiger partial charge in [0.05, 0.1) is 6.42 Å². The number of nitrogens with one attached hydrogen (secondary N) is 1. The van der Waals surface area contributed by atoms with Crippen LogP contribution < -0.4 is 5.32 Å².